The summed E-state index contributed by atoms with van der Waals surface area (Å²) in [6.45, 7) is 1.59. The molecule has 0 radical (unpaired) electrons. The van der Waals surface area contributed by atoms with Gasteiger partial charge in [-0.15, -0.1) is 0 Å². The van der Waals surface area contributed by atoms with Gasteiger partial charge in [0.15, 0.2) is 0 Å². The summed E-state index contributed by atoms with van der Waals surface area (Å²) in [6.07, 6.45) is 0.726. The van der Waals surface area contributed by atoms with Crippen LogP contribution in [0, 0.1) is 0 Å². The quantitative estimate of drug-likeness (QED) is 0.826. The van der Waals surface area contributed by atoms with E-state index in [0.717, 1.165) is 0 Å². The van der Waals surface area contributed by atoms with Gasteiger partial charge >= 0.3 is 0 Å². The molecule has 1 heterocycles. The van der Waals surface area contributed by atoms with E-state index < -0.39 is 17.4 Å². The van der Waals surface area contributed by atoms with E-state index in [0.29, 0.717) is 5.69 Å². The number of carbonyl (C=O) groups excluding carboxylic acids is 1. The van der Waals surface area contributed by atoms with Gasteiger partial charge in [0.25, 0.3) is 11.8 Å². The molecule has 0 saturated heterocycles. The molecule has 1 aliphatic carbocycles. The van der Waals surface area contributed by atoms with E-state index >= 15 is 0 Å². The number of pyridine rings is 1. The summed E-state index contributed by atoms with van der Waals surface area (Å²) in [4.78, 5) is 15.6. The van der Waals surface area contributed by atoms with E-state index in [2.05, 4.69) is 10.3 Å². The highest BCUT2D eigenvalue weighted by Gasteiger charge is 2.54. The molecule has 1 aromatic rings. The van der Waals surface area contributed by atoms with E-state index in [1.165, 1.54) is 12.3 Å². The molecule has 92 valence electrons. The van der Waals surface area contributed by atoms with Crippen LogP contribution in [0.3, 0.4) is 0 Å². The van der Waals surface area contributed by atoms with Crippen molar-refractivity contribution in [3.05, 3.63) is 24.0 Å². The number of nitrogens with zero attached hydrogens (tertiary/aromatic N) is 1. The number of amides is 1. The number of hydrogen-bond acceptors (Lipinski definition) is 3. The Morgan fingerprint density at radius 1 is 1.53 bits per heavy atom. The predicted octanol–water partition coefficient (Wildman–Crippen LogP) is 1.58. The standard InChI is InChI=1S/C11H13F2N3O/c1-10(5-11(12,13)6-10)16-9(17)8-4-7(14)2-3-15-8/h2-4H,5-6H2,1H3,(H2,14,15)(H,16,17). The number of rotatable bonds is 2. The van der Waals surface area contributed by atoms with E-state index in [9.17, 15) is 13.6 Å². The lowest BCUT2D eigenvalue weighted by Crippen LogP contribution is -2.60. The summed E-state index contributed by atoms with van der Waals surface area (Å²) in [5.74, 6) is -3.15. The van der Waals surface area contributed by atoms with Crippen LogP contribution in [0.2, 0.25) is 0 Å². The SMILES string of the molecule is CC1(NC(=O)c2cc(N)ccn2)CC(F)(F)C1. The van der Waals surface area contributed by atoms with E-state index in [4.69, 9.17) is 5.73 Å². The van der Waals surface area contributed by atoms with E-state index in [1.54, 1.807) is 13.0 Å². The molecule has 0 spiro atoms. The molecule has 1 amide bonds. The molecule has 17 heavy (non-hydrogen) atoms. The van der Waals surface area contributed by atoms with Gasteiger partial charge in [-0.1, -0.05) is 0 Å². The molecule has 0 aliphatic heterocycles. The van der Waals surface area contributed by atoms with Crippen LogP contribution >= 0.6 is 0 Å². The smallest absolute Gasteiger partial charge is 0.270 e. The topological polar surface area (TPSA) is 68.0 Å². The number of aromatic nitrogens is 1. The molecular weight excluding hydrogens is 228 g/mol. The number of nitrogens with two attached hydrogens (primary N) is 1. The summed E-state index contributed by atoms with van der Waals surface area (Å²) in [7, 11) is 0. The second kappa shape index (κ2) is 3.65. The Hall–Kier alpha value is -1.72. The Balaban J connectivity index is 2.03. The maximum absolute atomic E-state index is 12.8. The van der Waals surface area contributed by atoms with Gasteiger partial charge in [-0.2, -0.15) is 0 Å². The predicted molar refractivity (Wildman–Crippen MR) is 58.7 cm³/mol. The van der Waals surface area contributed by atoms with Crippen molar-refractivity contribution in [2.45, 2.75) is 31.2 Å². The summed E-state index contributed by atoms with van der Waals surface area (Å²) in [6, 6.07) is 2.96. The fourth-order valence-corrected chi connectivity index (χ4v) is 2.09. The van der Waals surface area contributed by atoms with Gasteiger partial charge < -0.3 is 11.1 Å². The van der Waals surface area contributed by atoms with Crippen molar-refractivity contribution in [3.63, 3.8) is 0 Å². The molecule has 1 aromatic heterocycles. The van der Waals surface area contributed by atoms with Crippen LogP contribution in [0.1, 0.15) is 30.3 Å². The Labute approximate surface area is 97.2 Å². The van der Waals surface area contributed by atoms with Crippen molar-refractivity contribution in [3.8, 4) is 0 Å². The number of anilines is 1. The Morgan fingerprint density at radius 3 is 2.71 bits per heavy atom. The molecule has 1 fully saturated rings. The van der Waals surface area contributed by atoms with Gasteiger partial charge in [-0.25, -0.2) is 8.78 Å². The van der Waals surface area contributed by atoms with Crippen molar-refractivity contribution in [2.24, 2.45) is 0 Å². The Bertz CT molecular complexity index is 454. The third kappa shape index (κ3) is 2.51. The molecule has 0 unspecified atom stereocenters. The van der Waals surface area contributed by atoms with Crippen LogP contribution in [-0.4, -0.2) is 22.4 Å². The van der Waals surface area contributed by atoms with Gasteiger partial charge in [0.1, 0.15) is 5.69 Å². The number of nitrogen functional groups attached to an aromatic ring is 1. The minimum atomic E-state index is -2.68. The van der Waals surface area contributed by atoms with Gasteiger partial charge in [0.2, 0.25) is 0 Å². The zero-order valence-electron chi connectivity index (χ0n) is 9.34. The number of hydrogen-bond donors (Lipinski definition) is 2. The van der Waals surface area contributed by atoms with Crippen molar-refractivity contribution >= 4 is 11.6 Å². The van der Waals surface area contributed by atoms with Crippen molar-refractivity contribution < 1.29 is 13.6 Å². The number of halogens is 2. The van der Waals surface area contributed by atoms with E-state index in [1.807, 2.05) is 0 Å². The van der Waals surface area contributed by atoms with Crippen LogP contribution in [0.15, 0.2) is 18.3 Å². The molecule has 1 saturated carbocycles. The van der Waals surface area contributed by atoms with Gasteiger partial charge in [0, 0.05) is 30.3 Å². The van der Waals surface area contributed by atoms with Crippen molar-refractivity contribution in [1.82, 2.24) is 10.3 Å². The highest BCUT2D eigenvalue weighted by molar-refractivity contribution is 5.93. The Morgan fingerprint density at radius 2 is 2.18 bits per heavy atom. The van der Waals surface area contributed by atoms with Crippen molar-refractivity contribution in [1.29, 1.82) is 0 Å². The number of nitrogens with one attached hydrogen (secondary N) is 1. The summed E-state index contributed by atoms with van der Waals surface area (Å²) < 4.78 is 25.5. The van der Waals surface area contributed by atoms with Crippen molar-refractivity contribution in [2.75, 3.05) is 5.73 Å². The highest BCUT2D eigenvalue weighted by Crippen LogP contribution is 2.45. The molecule has 0 aromatic carbocycles. The molecule has 0 atom stereocenters. The third-order valence-electron chi connectivity index (χ3n) is 2.73. The summed E-state index contributed by atoms with van der Waals surface area (Å²) >= 11 is 0. The summed E-state index contributed by atoms with van der Waals surface area (Å²) in [5.41, 5.74) is 5.21. The first-order chi connectivity index (χ1) is 7.80. The van der Waals surface area contributed by atoms with Crippen LogP contribution < -0.4 is 11.1 Å². The molecular formula is C11H13F2N3O. The molecule has 4 nitrogen and oxygen atoms in total. The monoisotopic (exact) mass is 241 g/mol. The zero-order valence-corrected chi connectivity index (χ0v) is 9.34. The Kier molecular flexibility index (Phi) is 2.52. The summed E-state index contributed by atoms with van der Waals surface area (Å²) in [5, 5.41) is 2.55. The lowest BCUT2D eigenvalue weighted by Gasteiger charge is -2.45. The average Bonchev–Trinajstić information content (AvgIpc) is 2.13. The lowest BCUT2D eigenvalue weighted by atomic mass is 9.75. The van der Waals surface area contributed by atoms with Gasteiger partial charge in [-0.3, -0.25) is 9.78 Å². The van der Waals surface area contributed by atoms with Gasteiger partial charge in [0.05, 0.1) is 0 Å². The second-order valence-corrected chi connectivity index (χ2v) is 4.70. The van der Waals surface area contributed by atoms with Crippen LogP contribution in [0.25, 0.3) is 0 Å². The first kappa shape index (κ1) is 11.8. The minimum Gasteiger partial charge on any atom is -0.399 e. The largest absolute Gasteiger partial charge is 0.399 e. The average molecular weight is 241 g/mol. The second-order valence-electron chi connectivity index (χ2n) is 4.70. The van der Waals surface area contributed by atoms with Gasteiger partial charge in [-0.05, 0) is 19.1 Å². The van der Waals surface area contributed by atoms with Crippen LogP contribution in [-0.2, 0) is 0 Å². The molecule has 3 N–H and O–H groups in total. The normalized spacial score (nSPS) is 20.4. The number of carbonyl (C=O) groups is 1. The highest BCUT2D eigenvalue weighted by atomic mass is 19.3. The van der Waals surface area contributed by atoms with Crippen LogP contribution in [0.5, 0.6) is 0 Å². The first-order valence-electron chi connectivity index (χ1n) is 5.22. The molecule has 1 aliphatic rings. The first-order valence-corrected chi connectivity index (χ1v) is 5.22. The fourth-order valence-electron chi connectivity index (χ4n) is 2.09. The lowest BCUT2D eigenvalue weighted by molar-refractivity contribution is -0.124. The minimum absolute atomic E-state index is 0.140. The fraction of sp³-hybridized carbons (Fsp3) is 0.455. The third-order valence-corrected chi connectivity index (χ3v) is 2.73. The maximum Gasteiger partial charge on any atom is 0.270 e. The van der Waals surface area contributed by atoms with Crippen LogP contribution in [0.4, 0.5) is 14.5 Å². The number of alkyl halides is 2. The molecule has 0 bridgehead atoms. The maximum atomic E-state index is 12.8. The molecule has 2 rings (SSSR count). The van der Waals surface area contributed by atoms with E-state index in [-0.39, 0.29) is 18.5 Å². The zero-order chi connectivity index (χ0) is 12.7. The molecule has 6 heteroatoms.